The number of halogens is 1. The Morgan fingerprint density at radius 1 is 1.42 bits per heavy atom. The number of hydrogen-bond acceptors (Lipinski definition) is 6. The molecule has 2 aromatic rings. The summed E-state index contributed by atoms with van der Waals surface area (Å²) in [6, 6.07) is 7.64. The number of carbonyl (C=O) groups excluding carboxylic acids is 2. The summed E-state index contributed by atoms with van der Waals surface area (Å²) in [5.74, 6) is -1.19. The first-order valence-corrected chi connectivity index (χ1v) is 9.41. The molecule has 0 N–H and O–H groups in total. The molecule has 0 aliphatic carbocycles. The maximum absolute atomic E-state index is 12.8. The lowest BCUT2D eigenvalue weighted by Gasteiger charge is -2.33. The number of hydrogen-bond donors (Lipinski definition) is 0. The van der Waals surface area contributed by atoms with Crippen LogP contribution in [0.1, 0.15) is 39.5 Å². The number of methoxy groups -OCH3 is 1. The van der Waals surface area contributed by atoms with E-state index in [1.807, 2.05) is 4.90 Å². The van der Waals surface area contributed by atoms with Gasteiger partial charge >= 0.3 is 11.9 Å². The maximum Gasteiger partial charge on any atom is 0.327 e. The standard InChI is InChI=1S/C19H20ClNO4S/c1-3-16(22)25-17-10-12-11-21(9-8-15(12)26-17)18(19(23)24-2)13-6-4-5-7-14(13)20/h4-7,10,18H,3,8-9,11H2,1-2H3/t18-/m0/s1/i2D3. The van der Waals surface area contributed by atoms with E-state index in [4.69, 9.17) is 25.2 Å². The molecule has 0 saturated carbocycles. The first-order chi connectivity index (χ1) is 13.7. The van der Waals surface area contributed by atoms with Gasteiger partial charge in [-0.1, -0.05) is 36.7 Å². The molecule has 2 heterocycles. The van der Waals surface area contributed by atoms with Crippen LogP contribution in [0.4, 0.5) is 0 Å². The highest BCUT2D eigenvalue weighted by Gasteiger charge is 2.33. The van der Waals surface area contributed by atoms with Crippen molar-refractivity contribution in [2.45, 2.75) is 32.4 Å². The number of esters is 2. The second-order valence-electron chi connectivity index (χ2n) is 5.91. The van der Waals surface area contributed by atoms with Crippen molar-refractivity contribution in [1.82, 2.24) is 4.90 Å². The molecular weight excluding hydrogens is 374 g/mol. The fraction of sp³-hybridized carbons (Fsp3) is 0.368. The van der Waals surface area contributed by atoms with Crippen molar-refractivity contribution in [3.8, 4) is 5.06 Å². The van der Waals surface area contributed by atoms with E-state index in [-0.39, 0.29) is 12.4 Å². The normalized spacial score (nSPS) is 17.4. The molecule has 0 amide bonds. The van der Waals surface area contributed by atoms with Gasteiger partial charge in [-0.05, 0) is 29.7 Å². The van der Waals surface area contributed by atoms with Gasteiger partial charge in [0.25, 0.3) is 0 Å². The van der Waals surface area contributed by atoms with Gasteiger partial charge < -0.3 is 9.47 Å². The van der Waals surface area contributed by atoms with Crippen molar-refractivity contribution < 1.29 is 23.2 Å². The fourth-order valence-electron chi connectivity index (χ4n) is 3.01. The summed E-state index contributed by atoms with van der Waals surface area (Å²) < 4.78 is 31.9. The summed E-state index contributed by atoms with van der Waals surface area (Å²) in [4.78, 5) is 27.2. The number of carbonyl (C=O) groups is 2. The minimum atomic E-state index is -2.85. The molecule has 0 unspecified atom stereocenters. The van der Waals surface area contributed by atoms with Crippen LogP contribution in [0.2, 0.25) is 5.02 Å². The number of fused-ring (bicyclic) bond motifs is 1. The van der Waals surface area contributed by atoms with Crippen LogP contribution in [-0.2, 0) is 27.3 Å². The largest absolute Gasteiger partial charge is 0.468 e. The third-order valence-corrected chi connectivity index (χ3v) is 5.72. The third-order valence-electron chi connectivity index (χ3n) is 4.27. The summed E-state index contributed by atoms with van der Waals surface area (Å²) in [7, 11) is -2.85. The van der Waals surface area contributed by atoms with E-state index in [0.29, 0.717) is 35.2 Å². The highest BCUT2D eigenvalue weighted by molar-refractivity contribution is 7.14. The second kappa shape index (κ2) is 8.20. The quantitative estimate of drug-likeness (QED) is 0.715. The Balaban J connectivity index is 1.88. The highest BCUT2D eigenvalue weighted by atomic mass is 35.5. The zero-order valence-corrected chi connectivity index (χ0v) is 15.7. The lowest BCUT2D eigenvalue weighted by Crippen LogP contribution is -2.38. The molecule has 0 saturated heterocycles. The summed E-state index contributed by atoms with van der Waals surface area (Å²) in [5.41, 5.74) is 1.42. The van der Waals surface area contributed by atoms with Crippen molar-refractivity contribution in [1.29, 1.82) is 0 Å². The Kier molecular flexibility index (Phi) is 4.79. The Morgan fingerprint density at radius 2 is 2.23 bits per heavy atom. The first kappa shape index (κ1) is 15.2. The molecule has 0 fully saturated rings. The average molecular weight is 397 g/mol. The lowest BCUT2D eigenvalue weighted by atomic mass is 10.0. The number of thiophene rings is 1. The minimum absolute atomic E-state index is 0.282. The van der Waals surface area contributed by atoms with Crippen molar-refractivity contribution in [2.75, 3.05) is 13.6 Å². The maximum atomic E-state index is 12.8. The zero-order valence-electron chi connectivity index (χ0n) is 17.2. The number of benzene rings is 1. The molecule has 3 rings (SSSR count). The van der Waals surface area contributed by atoms with Gasteiger partial charge in [-0.15, -0.1) is 11.3 Å². The molecule has 0 spiro atoms. The molecule has 1 aromatic carbocycles. The van der Waals surface area contributed by atoms with Crippen molar-refractivity contribution in [2.24, 2.45) is 0 Å². The number of rotatable bonds is 5. The predicted octanol–water partition coefficient (Wildman–Crippen LogP) is 3.99. The topological polar surface area (TPSA) is 55.8 Å². The molecule has 7 heteroatoms. The molecule has 0 bridgehead atoms. The van der Waals surface area contributed by atoms with E-state index in [1.165, 1.54) is 11.3 Å². The Morgan fingerprint density at radius 3 is 2.96 bits per heavy atom. The van der Waals surface area contributed by atoms with Crippen molar-refractivity contribution in [3.63, 3.8) is 0 Å². The van der Waals surface area contributed by atoms with Gasteiger partial charge in [-0.25, -0.2) is 4.79 Å². The molecule has 1 aliphatic rings. The van der Waals surface area contributed by atoms with E-state index >= 15 is 0 Å². The molecule has 1 aliphatic heterocycles. The molecule has 26 heavy (non-hydrogen) atoms. The van der Waals surface area contributed by atoms with Crippen LogP contribution in [0.5, 0.6) is 5.06 Å². The predicted molar refractivity (Wildman–Crippen MR) is 101 cm³/mol. The van der Waals surface area contributed by atoms with Gasteiger partial charge in [0.1, 0.15) is 6.04 Å². The zero-order chi connectivity index (χ0) is 21.2. The average Bonchev–Trinajstić information content (AvgIpc) is 3.03. The van der Waals surface area contributed by atoms with Gasteiger partial charge in [0.15, 0.2) is 5.06 Å². The Hall–Kier alpha value is -1.89. The molecule has 1 aromatic heterocycles. The van der Waals surface area contributed by atoms with Gasteiger partial charge in [-0.2, -0.15) is 0 Å². The summed E-state index contributed by atoms with van der Waals surface area (Å²) in [6.45, 7) is 2.60. The van der Waals surface area contributed by atoms with E-state index in [1.54, 1.807) is 37.3 Å². The van der Waals surface area contributed by atoms with Gasteiger partial charge in [0.2, 0.25) is 0 Å². The summed E-state index contributed by atoms with van der Waals surface area (Å²) in [6.07, 6.45) is 0.913. The van der Waals surface area contributed by atoms with E-state index < -0.39 is 19.0 Å². The molecule has 5 nitrogen and oxygen atoms in total. The van der Waals surface area contributed by atoms with Crippen LogP contribution in [0, 0.1) is 0 Å². The Bertz CT molecular complexity index is 915. The molecular formula is C19H20ClNO4S. The smallest absolute Gasteiger partial charge is 0.327 e. The van der Waals surface area contributed by atoms with Crippen LogP contribution in [-0.4, -0.2) is 30.4 Å². The van der Waals surface area contributed by atoms with Crippen LogP contribution >= 0.6 is 22.9 Å². The molecule has 0 radical (unpaired) electrons. The first-order valence-electron chi connectivity index (χ1n) is 9.71. The van der Waals surface area contributed by atoms with Crippen LogP contribution in [0.15, 0.2) is 30.3 Å². The fourth-order valence-corrected chi connectivity index (χ4v) is 4.27. The van der Waals surface area contributed by atoms with Crippen molar-refractivity contribution >= 4 is 34.9 Å². The number of ether oxygens (including phenoxy) is 2. The van der Waals surface area contributed by atoms with Gasteiger partial charge in [-0.3, -0.25) is 9.69 Å². The summed E-state index contributed by atoms with van der Waals surface area (Å²) >= 11 is 7.71. The monoisotopic (exact) mass is 396 g/mol. The van der Waals surface area contributed by atoms with E-state index in [0.717, 1.165) is 10.4 Å². The van der Waals surface area contributed by atoms with Gasteiger partial charge in [0, 0.05) is 29.4 Å². The van der Waals surface area contributed by atoms with E-state index in [2.05, 4.69) is 0 Å². The van der Waals surface area contributed by atoms with Crippen LogP contribution < -0.4 is 4.74 Å². The van der Waals surface area contributed by atoms with Gasteiger partial charge in [0.05, 0.1) is 11.2 Å². The lowest BCUT2D eigenvalue weighted by molar-refractivity contribution is -0.147. The van der Waals surface area contributed by atoms with Crippen molar-refractivity contribution in [3.05, 3.63) is 51.4 Å². The SMILES string of the molecule is [2H]C([2H])([2H])OC(=O)[C@H](c1ccccc1Cl)N1CCc2sc(OC(=O)CC)cc2C1. The van der Waals surface area contributed by atoms with E-state index in [9.17, 15) is 9.59 Å². The van der Waals surface area contributed by atoms with Crippen LogP contribution in [0.25, 0.3) is 0 Å². The minimum Gasteiger partial charge on any atom is -0.468 e. The Labute approximate surface area is 165 Å². The summed E-state index contributed by atoms with van der Waals surface area (Å²) in [5, 5.41) is 0.872. The third kappa shape index (κ3) is 3.92. The molecule has 138 valence electrons. The second-order valence-corrected chi connectivity index (χ2v) is 7.41. The molecule has 1 atom stereocenters. The van der Waals surface area contributed by atoms with Crippen LogP contribution in [0.3, 0.4) is 0 Å². The number of nitrogens with zero attached hydrogens (tertiary/aromatic N) is 1. The highest BCUT2D eigenvalue weighted by Crippen LogP contribution is 2.37.